The van der Waals surface area contributed by atoms with Gasteiger partial charge in [0.25, 0.3) is 0 Å². The fourth-order valence-electron chi connectivity index (χ4n) is 2.73. The number of hydrogen-bond acceptors (Lipinski definition) is 3. The number of anilines is 1. The highest BCUT2D eigenvalue weighted by Gasteiger charge is 2.14. The molecule has 3 rings (SSSR count). The summed E-state index contributed by atoms with van der Waals surface area (Å²) in [6, 6.07) is 12.6. The lowest BCUT2D eigenvalue weighted by Gasteiger charge is -2.16. The molecule has 2 aromatic heterocycles. The third-order valence-electron chi connectivity index (χ3n) is 3.81. The van der Waals surface area contributed by atoms with E-state index in [1.165, 1.54) is 10.9 Å². The van der Waals surface area contributed by atoms with Crippen molar-refractivity contribution in [1.29, 1.82) is 0 Å². The van der Waals surface area contributed by atoms with E-state index in [0.717, 1.165) is 28.4 Å². The molecule has 0 radical (unpaired) electrons. The van der Waals surface area contributed by atoms with Gasteiger partial charge in [0.1, 0.15) is 17.3 Å². The predicted octanol–water partition coefficient (Wildman–Crippen LogP) is 4.93. The smallest absolute Gasteiger partial charge is 0.130 e. The van der Waals surface area contributed by atoms with Crippen molar-refractivity contribution in [3.8, 4) is 0 Å². The molecule has 0 aliphatic heterocycles. The molecule has 21 heavy (non-hydrogen) atoms. The molecule has 0 amide bonds. The monoisotopic (exact) mass is 280 g/mol. The Morgan fingerprint density at radius 1 is 1.10 bits per heavy atom. The number of furan rings is 1. The van der Waals surface area contributed by atoms with Crippen LogP contribution in [0.15, 0.2) is 40.8 Å². The van der Waals surface area contributed by atoms with Crippen molar-refractivity contribution in [3.05, 3.63) is 59.0 Å². The van der Waals surface area contributed by atoms with Crippen molar-refractivity contribution in [2.45, 2.75) is 33.7 Å². The van der Waals surface area contributed by atoms with Crippen molar-refractivity contribution >= 4 is 16.7 Å². The predicted molar refractivity (Wildman–Crippen MR) is 86.7 cm³/mol. The van der Waals surface area contributed by atoms with Gasteiger partial charge in [-0.1, -0.05) is 18.2 Å². The molecule has 2 heterocycles. The Hall–Kier alpha value is -2.29. The van der Waals surface area contributed by atoms with E-state index in [2.05, 4.69) is 37.4 Å². The second kappa shape index (κ2) is 5.24. The molecular weight excluding hydrogens is 260 g/mol. The standard InChI is InChI=1S/C18H20N2O/c1-11-9-15-7-5-6-8-17(15)20-18(11)19-13(3)16-10-12(2)21-14(16)4/h5-10,13H,1-4H3,(H,19,20). The maximum absolute atomic E-state index is 5.61. The van der Waals surface area contributed by atoms with Crippen molar-refractivity contribution in [3.63, 3.8) is 0 Å². The van der Waals surface area contributed by atoms with E-state index in [-0.39, 0.29) is 6.04 Å². The average molecular weight is 280 g/mol. The van der Waals surface area contributed by atoms with Gasteiger partial charge >= 0.3 is 0 Å². The Morgan fingerprint density at radius 3 is 2.57 bits per heavy atom. The second-order valence-electron chi connectivity index (χ2n) is 5.58. The summed E-state index contributed by atoms with van der Waals surface area (Å²) in [6.07, 6.45) is 0. The van der Waals surface area contributed by atoms with Gasteiger partial charge in [-0.25, -0.2) is 4.98 Å². The molecule has 0 saturated carbocycles. The molecule has 3 nitrogen and oxygen atoms in total. The zero-order valence-electron chi connectivity index (χ0n) is 12.9. The number of hydrogen-bond donors (Lipinski definition) is 1. The summed E-state index contributed by atoms with van der Waals surface area (Å²) >= 11 is 0. The van der Waals surface area contributed by atoms with E-state index in [9.17, 15) is 0 Å². The number of rotatable bonds is 3. The molecule has 0 aliphatic carbocycles. The maximum Gasteiger partial charge on any atom is 0.130 e. The molecule has 0 fully saturated rings. The normalized spacial score (nSPS) is 12.6. The van der Waals surface area contributed by atoms with E-state index >= 15 is 0 Å². The summed E-state index contributed by atoms with van der Waals surface area (Å²) in [7, 11) is 0. The third-order valence-corrected chi connectivity index (χ3v) is 3.81. The van der Waals surface area contributed by atoms with Crippen LogP contribution in [0.1, 0.15) is 35.6 Å². The first-order valence-corrected chi connectivity index (χ1v) is 7.24. The minimum absolute atomic E-state index is 0.162. The van der Waals surface area contributed by atoms with Gasteiger partial charge in [-0.2, -0.15) is 0 Å². The fraction of sp³-hybridized carbons (Fsp3) is 0.278. The van der Waals surface area contributed by atoms with Gasteiger partial charge in [0.15, 0.2) is 0 Å². The highest BCUT2D eigenvalue weighted by atomic mass is 16.3. The Labute approximate surface area is 125 Å². The summed E-state index contributed by atoms with van der Waals surface area (Å²) in [6.45, 7) is 8.19. The number of para-hydroxylation sites is 1. The SMILES string of the molecule is Cc1cc(C(C)Nc2nc3ccccc3cc2C)c(C)o1. The molecule has 1 atom stereocenters. The lowest BCUT2D eigenvalue weighted by molar-refractivity contribution is 0.499. The van der Waals surface area contributed by atoms with Crippen LogP contribution in [0.3, 0.4) is 0 Å². The zero-order chi connectivity index (χ0) is 15.0. The third kappa shape index (κ3) is 2.64. The van der Waals surface area contributed by atoms with E-state index in [1.54, 1.807) is 0 Å². The molecule has 1 unspecified atom stereocenters. The Balaban J connectivity index is 1.94. The van der Waals surface area contributed by atoms with Crippen LogP contribution in [-0.4, -0.2) is 4.98 Å². The first-order chi connectivity index (χ1) is 10.0. The molecule has 0 saturated heterocycles. The molecule has 108 valence electrons. The first kappa shape index (κ1) is 13.7. The van der Waals surface area contributed by atoms with Gasteiger partial charge in [0, 0.05) is 10.9 Å². The van der Waals surface area contributed by atoms with Crippen molar-refractivity contribution in [2.75, 3.05) is 5.32 Å². The highest BCUT2D eigenvalue weighted by molar-refractivity contribution is 5.81. The number of nitrogens with one attached hydrogen (secondary N) is 1. The van der Waals surface area contributed by atoms with Gasteiger partial charge in [-0.05, 0) is 51.5 Å². The molecule has 3 aromatic rings. The summed E-state index contributed by atoms with van der Waals surface area (Å²) < 4.78 is 5.61. The van der Waals surface area contributed by atoms with Crippen molar-refractivity contribution < 1.29 is 4.42 Å². The zero-order valence-corrected chi connectivity index (χ0v) is 12.9. The van der Waals surface area contributed by atoms with Crippen LogP contribution in [0.2, 0.25) is 0 Å². The number of pyridine rings is 1. The molecule has 1 N–H and O–H groups in total. The summed E-state index contributed by atoms with van der Waals surface area (Å²) in [5.74, 6) is 2.84. The number of aryl methyl sites for hydroxylation is 3. The van der Waals surface area contributed by atoms with Crippen molar-refractivity contribution in [2.24, 2.45) is 0 Å². The van der Waals surface area contributed by atoms with Gasteiger partial charge in [0.05, 0.1) is 11.6 Å². The van der Waals surface area contributed by atoms with E-state index < -0.39 is 0 Å². The van der Waals surface area contributed by atoms with Gasteiger partial charge < -0.3 is 9.73 Å². The second-order valence-corrected chi connectivity index (χ2v) is 5.58. The quantitative estimate of drug-likeness (QED) is 0.739. The van der Waals surface area contributed by atoms with Crippen LogP contribution in [-0.2, 0) is 0 Å². The topological polar surface area (TPSA) is 38.1 Å². The molecular formula is C18H20N2O. The molecule has 0 bridgehead atoms. The molecule has 3 heteroatoms. The largest absolute Gasteiger partial charge is 0.466 e. The van der Waals surface area contributed by atoms with Crippen LogP contribution >= 0.6 is 0 Å². The van der Waals surface area contributed by atoms with Crippen LogP contribution in [0, 0.1) is 20.8 Å². The number of fused-ring (bicyclic) bond motifs is 1. The number of aromatic nitrogens is 1. The lowest BCUT2D eigenvalue weighted by atomic mass is 10.1. The first-order valence-electron chi connectivity index (χ1n) is 7.24. The number of nitrogens with zero attached hydrogens (tertiary/aromatic N) is 1. The van der Waals surface area contributed by atoms with Crippen LogP contribution in [0.25, 0.3) is 10.9 Å². The van der Waals surface area contributed by atoms with Crippen LogP contribution in [0.4, 0.5) is 5.82 Å². The van der Waals surface area contributed by atoms with Gasteiger partial charge in [0.2, 0.25) is 0 Å². The molecule has 0 aliphatic rings. The minimum atomic E-state index is 0.162. The van der Waals surface area contributed by atoms with E-state index in [1.807, 2.05) is 32.0 Å². The Morgan fingerprint density at radius 2 is 1.86 bits per heavy atom. The fourth-order valence-corrected chi connectivity index (χ4v) is 2.73. The summed E-state index contributed by atoms with van der Waals surface area (Å²) in [5, 5.41) is 4.67. The minimum Gasteiger partial charge on any atom is -0.466 e. The van der Waals surface area contributed by atoms with Gasteiger partial charge in [-0.3, -0.25) is 0 Å². The maximum atomic E-state index is 5.61. The van der Waals surface area contributed by atoms with E-state index in [0.29, 0.717) is 0 Å². The van der Waals surface area contributed by atoms with Crippen LogP contribution < -0.4 is 5.32 Å². The lowest BCUT2D eigenvalue weighted by Crippen LogP contribution is -2.09. The average Bonchev–Trinajstić information content (AvgIpc) is 2.78. The summed E-state index contributed by atoms with van der Waals surface area (Å²) in [4.78, 5) is 4.73. The molecule has 0 spiro atoms. The highest BCUT2D eigenvalue weighted by Crippen LogP contribution is 2.27. The van der Waals surface area contributed by atoms with Gasteiger partial charge in [-0.15, -0.1) is 0 Å². The van der Waals surface area contributed by atoms with Crippen molar-refractivity contribution in [1.82, 2.24) is 4.98 Å². The van der Waals surface area contributed by atoms with Crippen LogP contribution in [0.5, 0.6) is 0 Å². The summed E-state index contributed by atoms with van der Waals surface area (Å²) in [5.41, 5.74) is 3.35. The number of benzene rings is 1. The molecule has 1 aromatic carbocycles. The Kier molecular flexibility index (Phi) is 3.42. The van der Waals surface area contributed by atoms with E-state index in [4.69, 9.17) is 9.40 Å². The Bertz CT molecular complexity index is 789.